The van der Waals surface area contributed by atoms with Gasteiger partial charge in [-0.05, 0) is 37.4 Å². The topological polar surface area (TPSA) is 62.8 Å². The Labute approximate surface area is 179 Å². The maximum absolute atomic E-state index is 12.4. The van der Waals surface area contributed by atoms with Crippen molar-refractivity contribution in [1.82, 2.24) is 15.5 Å². The Morgan fingerprint density at radius 3 is 2.68 bits per heavy atom. The molecule has 1 saturated heterocycles. The quantitative estimate of drug-likeness (QED) is 0.554. The third kappa shape index (κ3) is 8.03. The monoisotopic (exact) mass is 433 g/mol. The van der Waals surface area contributed by atoms with Crippen molar-refractivity contribution in [3.63, 3.8) is 0 Å². The zero-order chi connectivity index (χ0) is 19.6. The normalized spacial score (nSPS) is 14.5. The van der Waals surface area contributed by atoms with Crippen LogP contribution in [0.1, 0.15) is 37.0 Å². The molecule has 160 valence electrons. The van der Waals surface area contributed by atoms with E-state index < -0.39 is 0 Å². The van der Waals surface area contributed by atoms with Gasteiger partial charge >= 0.3 is 0 Å². The fourth-order valence-corrected chi connectivity index (χ4v) is 3.19. The van der Waals surface area contributed by atoms with Gasteiger partial charge in [0.05, 0.1) is 18.7 Å². The lowest BCUT2D eigenvalue weighted by atomic mass is 10.1. The Bertz CT molecular complexity index is 609. The standard InChI is InChI=1S/C20H32ClN3O3.ClH/c1-15(2)5-12-27-19-17(21)13-16(14-18(19)26-3)20(25)23-6-4-9-24-10-7-22-8-11-24;/h13-15,22H,4-12H2,1-3H3,(H,23,25);1H. The molecule has 1 aromatic rings. The van der Waals surface area contributed by atoms with Crippen LogP contribution in [0.5, 0.6) is 11.5 Å². The molecule has 1 fully saturated rings. The number of halogens is 2. The molecular formula is C20H33Cl2N3O3. The molecule has 1 aromatic carbocycles. The Morgan fingerprint density at radius 1 is 1.32 bits per heavy atom. The summed E-state index contributed by atoms with van der Waals surface area (Å²) in [6, 6.07) is 3.32. The van der Waals surface area contributed by atoms with Gasteiger partial charge in [0.1, 0.15) is 0 Å². The van der Waals surface area contributed by atoms with Gasteiger partial charge in [-0.15, -0.1) is 12.4 Å². The third-order valence-corrected chi connectivity index (χ3v) is 4.86. The summed E-state index contributed by atoms with van der Waals surface area (Å²) in [5.41, 5.74) is 0.482. The van der Waals surface area contributed by atoms with Gasteiger partial charge in [0, 0.05) is 38.3 Å². The minimum absolute atomic E-state index is 0. The number of ether oxygens (including phenoxy) is 2. The predicted octanol–water partition coefficient (Wildman–Crippen LogP) is 3.22. The molecule has 2 N–H and O–H groups in total. The summed E-state index contributed by atoms with van der Waals surface area (Å²) in [5.74, 6) is 1.37. The predicted molar refractivity (Wildman–Crippen MR) is 116 cm³/mol. The number of benzene rings is 1. The number of hydrogen-bond donors (Lipinski definition) is 2. The Balaban J connectivity index is 0.00000392. The smallest absolute Gasteiger partial charge is 0.251 e. The molecule has 0 saturated carbocycles. The van der Waals surface area contributed by atoms with E-state index in [0.29, 0.717) is 41.2 Å². The van der Waals surface area contributed by atoms with Crippen molar-refractivity contribution in [1.29, 1.82) is 0 Å². The van der Waals surface area contributed by atoms with Crippen LogP contribution in [-0.2, 0) is 0 Å². The summed E-state index contributed by atoms with van der Waals surface area (Å²) in [7, 11) is 1.55. The van der Waals surface area contributed by atoms with E-state index in [-0.39, 0.29) is 18.3 Å². The first-order valence-electron chi connectivity index (χ1n) is 9.73. The number of rotatable bonds is 10. The molecule has 0 spiro atoms. The molecule has 0 aliphatic carbocycles. The number of nitrogens with one attached hydrogen (secondary N) is 2. The van der Waals surface area contributed by atoms with Crippen LogP contribution < -0.4 is 20.1 Å². The van der Waals surface area contributed by atoms with Crippen molar-refractivity contribution in [2.45, 2.75) is 26.7 Å². The Hall–Kier alpha value is -1.21. The highest BCUT2D eigenvalue weighted by atomic mass is 35.5. The number of nitrogens with zero attached hydrogens (tertiary/aromatic N) is 1. The van der Waals surface area contributed by atoms with Crippen LogP contribution in [0.15, 0.2) is 12.1 Å². The molecule has 1 amide bonds. The fourth-order valence-electron chi connectivity index (χ4n) is 2.93. The van der Waals surface area contributed by atoms with Crippen LogP contribution in [0.3, 0.4) is 0 Å². The lowest BCUT2D eigenvalue weighted by Crippen LogP contribution is -2.44. The molecule has 1 aliphatic rings. The first-order chi connectivity index (χ1) is 13.0. The number of carbonyl (C=O) groups excluding carboxylic acids is 1. The highest BCUT2D eigenvalue weighted by Crippen LogP contribution is 2.36. The summed E-state index contributed by atoms with van der Waals surface area (Å²) in [6.07, 6.45) is 1.85. The number of amides is 1. The molecule has 0 unspecified atom stereocenters. The van der Waals surface area contributed by atoms with Crippen molar-refractivity contribution in [3.8, 4) is 11.5 Å². The molecule has 0 bridgehead atoms. The molecule has 0 aromatic heterocycles. The fraction of sp³-hybridized carbons (Fsp3) is 0.650. The summed E-state index contributed by atoms with van der Waals surface area (Å²) >= 11 is 6.34. The van der Waals surface area contributed by atoms with Crippen LogP contribution in [0.4, 0.5) is 0 Å². The van der Waals surface area contributed by atoms with E-state index in [1.807, 2.05) is 0 Å². The summed E-state index contributed by atoms with van der Waals surface area (Å²) in [4.78, 5) is 14.8. The minimum Gasteiger partial charge on any atom is -0.493 e. The van der Waals surface area contributed by atoms with E-state index in [1.165, 1.54) is 0 Å². The molecule has 8 heteroatoms. The SMILES string of the molecule is COc1cc(C(=O)NCCCN2CCNCC2)cc(Cl)c1OCCC(C)C.Cl. The molecule has 1 aliphatic heterocycles. The van der Waals surface area contributed by atoms with Crippen molar-refractivity contribution < 1.29 is 14.3 Å². The Morgan fingerprint density at radius 2 is 2.04 bits per heavy atom. The first kappa shape index (κ1) is 24.8. The number of piperazine rings is 1. The second kappa shape index (κ2) is 13.1. The molecule has 0 radical (unpaired) electrons. The van der Waals surface area contributed by atoms with Gasteiger partial charge in [-0.3, -0.25) is 4.79 Å². The van der Waals surface area contributed by atoms with Crippen molar-refractivity contribution >= 4 is 29.9 Å². The lowest BCUT2D eigenvalue weighted by Gasteiger charge is -2.27. The molecular weight excluding hydrogens is 401 g/mol. The summed E-state index contributed by atoms with van der Waals surface area (Å²) in [5, 5.41) is 6.69. The highest BCUT2D eigenvalue weighted by Gasteiger charge is 2.16. The van der Waals surface area contributed by atoms with Gasteiger partial charge < -0.3 is 25.0 Å². The zero-order valence-electron chi connectivity index (χ0n) is 17.1. The van der Waals surface area contributed by atoms with E-state index in [2.05, 4.69) is 29.4 Å². The van der Waals surface area contributed by atoms with E-state index in [0.717, 1.165) is 45.6 Å². The van der Waals surface area contributed by atoms with Gasteiger partial charge in [-0.1, -0.05) is 25.4 Å². The average Bonchev–Trinajstić information content (AvgIpc) is 2.66. The van der Waals surface area contributed by atoms with Crippen LogP contribution in [-0.4, -0.2) is 63.8 Å². The highest BCUT2D eigenvalue weighted by molar-refractivity contribution is 6.32. The van der Waals surface area contributed by atoms with Crippen LogP contribution >= 0.6 is 24.0 Å². The molecule has 28 heavy (non-hydrogen) atoms. The second-order valence-electron chi connectivity index (χ2n) is 7.22. The zero-order valence-corrected chi connectivity index (χ0v) is 18.6. The number of carbonyl (C=O) groups is 1. The second-order valence-corrected chi connectivity index (χ2v) is 7.63. The first-order valence-corrected chi connectivity index (χ1v) is 10.1. The molecule has 1 heterocycles. The van der Waals surface area contributed by atoms with Crippen molar-refractivity contribution in [2.75, 3.05) is 53.0 Å². The average molecular weight is 434 g/mol. The van der Waals surface area contributed by atoms with Crippen molar-refractivity contribution in [2.24, 2.45) is 5.92 Å². The van der Waals surface area contributed by atoms with E-state index in [9.17, 15) is 4.79 Å². The minimum atomic E-state index is -0.149. The Kier molecular flexibility index (Phi) is 11.6. The van der Waals surface area contributed by atoms with Crippen molar-refractivity contribution in [3.05, 3.63) is 22.7 Å². The van der Waals surface area contributed by atoms with Crippen LogP contribution in [0.2, 0.25) is 5.02 Å². The largest absolute Gasteiger partial charge is 0.493 e. The summed E-state index contributed by atoms with van der Waals surface area (Å²) in [6.45, 7) is 10.7. The summed E-state index contributed by atoms with van der Waals surface area (Å²) < 4.78 is 11.1. The number of hydrogen-bond acceptors (Lipinski definition) is 5. The maximum atomic E-state index is 12.4. The van der Waals surface area contributed by atoms with Crippen LogP contribution in [0.25, 0.3) is 0 Å². The molecule has 6 nitrogen and oxygen atoms in total. The molecule has 0 atom stereocenters. The van der Waals surface area contributed by atoms with Gasteiger partial charge in [0.25, 0.3) is 5.91 Å². The van der Waals surface area contributed by atoms with E-state index in [4.69, 9.17) is 21.1 Å². The van der Waals surface area contributed by atoms with Crippen LogP contribution in [0, 0.1) is 5.92 Å². The van der Waals surface area contributed by atoms with E-state index in [1.54, 1.807) is 19.2 Å². The lowest BCUT2D eigenvalue weighted by molar-refractivity contribution is 0.0951. The van der Waals surface area contributed by atoms with E-state index >= 15 is 0 Å². The van der Waals surface area contributed by atoms with Gasteiger partial charge in [0.2, 0.25) is 0 Å². The number of methoxy groups -OCH3 is 1. The van der Waals surface area contributed by atoms with Gasteiger partial charge in [-0.2, -0.15) is 0 Å². The maximum Gasteiger partial charge on any atom is 0.251 e. The van der Waals surface area contributed by atoms with Gasteiger partial charge in [-0.25, -0.2) is 0 Å². The molecule has 2 rings (SSSR count). The third-order valence-electron chi connectivity index (χ3n) is 4.58. The van der Waals surface area contributed by atoms with Gasteiger partial charge in [0.15, 0.2) is 11.5 Å².